The van der Waals surface area contributed by atoms with Gasteiger partial charge in [0.15, 0.2) is 0 Å². The molecule has 0 saturated carbocycles. The number of nitrogens with zero attached hydrogens (tertiary/aromatic N) is 1. The third kappa shape index (κ3) is 4.48. The van der Waals surface area contributed by atoms with Gasteiger partial charge in [0.05, 0.1) is 25.2 Å². The molecule has 23 heavy (non-hydrogen) atoms. The Bertz CT molecular complexity index is 651. The summed E-state index contributed by atoms with van der Waals surface area (Å²) in [5.74, 6) is 1.66. The van der Waals surface area contributed by atoms with Gasteiger partial charge < -0.3 is 20.9 Å². The van der Waals surface area contributed by atoms with E-state index >= 15 is 0 Å². The molecule has 0 atom stereocenters. The van der Waals surface area contributed by atoms with E-state index in [1.165, 1.54) is 4.90 Å². The fraction of sp³-hybridized carbons (Fsp3) is 0.312. The SMILES string of the molecule is C#CCNC(=O)c1ccccc1NCC(=O)N1CCNC(=O)C1. The number of anilines is 1. The standard InChI is InChI=1S/C16H18N4O3/c1-2-7-18-16(23)12-5-3-4-6-13(12)19-10-15(22)20-9-8-17-14(21)11-20/h1,3-6,19H,7-11H2,(H,17,21)(H,18,23). The molecule has 0 unspecified atom stereocenters. The average Bonchev–Trinajstić information content (AvgIpc) is 2.57. The molecule has 1 aliphatic rings. The first-order valence-electron chi connectivity index (χ1n) is 7.21. The Kier molecular flexibility index (Phi) is 5.58. The summed E-state index contributed by atoms with van der Waals surface area (Å²) in [4.78, 5) is 36.9. The zero-order valence-corrected chi connectivity index (χ0v) is 12.6. The van der Waals surface area contributed by atoms with Crippen LogP contribution in [0.3, 0.4) is 0 Å². The van der Waals surface area contributed by atoms with Gasteiger partial charge in [-0.3, -0.25) is 14.4 Å². The lowest BCUT2D eigenvalue weighted by atomic mass is 10.1. The molecule has 0 aliphatic carbocycles. The summed E-state index contributed by atoms with van der Waals surface area (Å²) >= 11 is 0. The van der Waals surface area contributed by atoms with Crippen LogP contribution in [0.5, 0.6) is 0 Å². The van der Waals surface area contributed by atoms with Crippen molar-refractivity contribution in [3.63, 3.8) is 0 Å². The van der Waals surface area contributed by atoms with Crippen LogP contribution < -0.4 is 16.0 Å². The minimum Gasteiger partial charge on any atom is -0.376 e. The maximum atomic E-state index is 12.1. The van der Waals surface area contributed by atoms with Crippen LogP contribution in [0, 0.1) is 12.3 Å². The Labute approximate surface area is 134 Å². The summed E-state index contributed by atoms with van der Waals surface area (Å²) < 4.78 is 0. The smallest absolute Gasteiger partial charge is 0.254 e. The van der Waals surface area contributed by atoms with E-state index in [0.717, 1.165) is 0 Å². The number of hydrogen-bond acceptors (Lipinski definition) is 4. The van der Waals surface area contributed by atoms with Crippen molar-refractivity contribution in [2.45, 2.75) is 0 Å². The monoisotopic (exact) mass is 314 g/mol. The van der Waals surface area contributed by atoms with E-state index in [1.807, 2.05) is 0 Å². The van der Waals surface area contributed by atoms with E-state index in [0.29, 0.717) is 24.3 Å². The third-order valence-electron chi connectivity index (χ3n) is 3.34. The van der Waals surface area contributed by atoms with Crippen LogP contribution in [0.2, 0.25) is 0 Å². The molecule has 1 aromatic rings. The first kappa shape index (κ1) is 16.4. The van der Waals surface area contributed by atoms with Crippen LogP contribution >= 0.6 is 0 Å². The first-order valence-corrected chi connectivity index (χ1v) is 7.21. The summed E-state index contributed by atoms with van der Waals surface area (Å²) in [5.41, 5.74) is 0.948. The second-order valence-corrected chi connectivity index (χ2v) is 4.95. The quantitative estimate of drug-likeness (QED) is 0.634. The summed E-state index contributed by atoms with van der Waals surface area (Å²) in [6, 6.07) is 6.85. The van der Waals surface area contributed by atoms with E-state index in [1.54, 1.807) is 24.3 Å². The van der Waals surface area contributed by atoms with Crippen LogP contribution in [0.1, 0.15) is 10.4 Å². The number of para-hydroxylation sites is 1. The van der Waals surface area contributed by atoms with Crippen LogP contribution in [0.4, 0.5) is 5.69 Å². The molecule has 120 valence electrons. The molecule has 2 rings (SSSR count). The number of piperazine rings is 1. The van der Waals surface area contributed by atoms with Gasteiger partial charge in [0.2, 0.25) is 11.8 Å². The number of carbonyl (C=O) groups is 3. The van der Waals surface area contributed by atoms with E-state index in [4.69, 9.17) is 6.42 Å². The van der Waals surface area contributed by atoms with Gasteiger partial charge in [0, 0.05) is 18.8 Å². The molecule has 1 heterocycles. The fourth-order valence-electron chi connectivity index (χ4n) is 2.20. The number of rotatable bonds is 5. The van der Waals surface area contributed by atoms with E-state index < -0.39 is 0 Å². The molecule has 7 heteroatoms. The minimum atomic E-state index is -0.309. The molecule has 3 N–H and O–H groups in total. The van der Waals surface area contributed by atoms with Crippen molar-refractivity contribution >= 4 is 23.4 Å². The Balaban J connectivity index is 1.97. The highest BCUT2D eigenvalue weighted by molar-refractivity contribution is 6.00. The number of nitrogens with one attached hydrogen (secondary N) is 3. The molecule has 0 bridgehead atoms. The normalized spacial score (nSPS) is 13.7. The van der Waals surface area contributed by atoms with Crippen LogP contribution in [0.25, 0.3) is 0 Å². The van der Waals surface area contributed by atoms with Gasteiger partial charge in [-0.15, -0.1) is 6.42 Å². The van der Waals surface area contributed by atoms with E-state index in [2.05, 4.69) is 21.9 Å². The molecule has 1 fully saturated rings. The van der Waals surface area contributed by atoms with Gasteiger partial charge in [-0.25, -0.2) is 0 Å². The maximum absolute atomic E-state index is 12.1. The minimum absolute atomic E-state index is 0.00666. The topological polar surface area (TPSA) is 90.5 Å². The molecule has 3 amide bonds. The number of amides is 3. The fourth-order valence-corrected chi connectivity index (χ4v) is 2.20. The highest BCUT2D eigenvalue weighted by Crippen LogP contribution is 2.14. The van der Waals surface area contributed by atoms with Crippen molar-refractivity contribution in [2.24, 2.45) is 0 Å². The Morgan fingerprint density at radius 1 is 1.35 bits per heavy atom. The molecule has 1 aliphatic heterocycles. The van der Waals surface area contributed by atoms with Gasteiger partial charge in [0.25, 0.3) is 5.91 Å². The molecule has 1 aromatic carbocycles. The summed E-state index contributed by atoms with van der Waals surface area (Å²) in [6.45, 7) is 1.14. The van der Waals surface area contributed by atoms with Crippen molar-refractivity contribution < 1.29 is 14.4 Å². The second kappa shape index (κ2) is 7.84. The van der Waals surface area contributed by atoms with Gasteiger partial charge >= 0.3 is 0 Å². The van der Waals surface area contributed by atoms with Crippen molar-refractivity contribution in [1.82, 2.24) is 15.5 Å². The van der Waals surface area contributed by atoms with E-state index in [-0.39, 0.29) is 37.4 Å². The third-order valence-corrected chi connectivity index (χ3v) is 3.34. The van der Waals surface area contributed by atoms with Crippen molar-refractivity contribution in [3.8, 4) is 12.3 Å². The molecule has 0 radical (unpaired) electrons. The number of benzene rings is 1. The predicted molar refractivity (Wildman–Crippen MR) is 85.7 cm³/mol. The number of carbonyl (C=O) groups excluding carboxylic acids is 3. The summed E-state index contributed by atoms with van der Waals surface area (Å²) in [7, 11) is 0. The molecular weight excluding hydrogens is 296 g/mol. The predicted octanol–water partition coefficient (Wildman–Crippen LogP) is -0.580. The van der Waals surface area contributed by atoms with Crippen molar-refractivity contribution in [1.29, 1.82) is 0 Å². The molecular formula is C16H18N4O3. The molecule has 0 spiro atoms. The molecule has 0 aromatic heterocycles. The lowest BCUT2D eigenvalue weighted by Gasteiger charge is -2.27. The highest BCUT2D eigenvalue weighted by Gasteiger charge is 2.21. The number of terminal acetylenes is 1. The maximum Gasteiger partial charge on any atom is 0.254 e. The molecule has 7 nitrogen and oxygen atoms in total. The Morgan fingerprint density at radius 2 is 2.13 bits per heavy atom. The zero-order valence-electron chi connectivity index (χ0n) is 12.6. The van der Waals surface area contributed by atoms with Crippen LogP contribution in [-0.4, -0.2) is 55.3 Å². The van der Waals surface area contributed by atoms with Crippen molar-refractivity contribution in [3.05, 3.63) is 29.8 Å². The van der Waals surface area contributed by atoms with Gasteiger partial charge in [-0.2, -0.15) is 0 Å². The van der Waals surface area contributed by atoms with Crippen LogP contribution in [0.15, 0.2) is 24.3 Å². The van der Waals surface area contributed by atoms with Gasteiger partial charge in [-0.05, 0) is 12.1 Å². The highest BCUT2D eigenvalue weighted by atomic mass is 16.2. The van der Waals surface area contributed by atoms with Crippen LogP contribution in [-0.2, 0) is 9.59 Å². The zero-order chi connectivity index (χ0) is 16.7. The Morgan fingerprint density at radius 3 is 2.87 bits per heavy atom. The summed E-state index contributed by atoms with van der Waals surface area (Å²) in [5, 5.41) is 8.19. The van der Waals surface area contributed by atoms with Gasteiger partial charge in [0.1, 0.15) is 0 Å². The lowest BCUT2D eigenvalue weighted by molar-refractivity contribution is -0.136. The van der Waals surface area contributed by atoms with E-state index in [9.17, 15) is 14.4 Å². The van der Waals surface area contributed by atoms with Gasteiger partial charge in [-0.1, -0.05) is 18.1 Å². The molecule has 1 saturated heterocycles. The lowest BCUT2D eigenvalue weighted by Crippen LogP contribution is -2.51. The first-order chi connectivity index (χ1) is 11.1. The Hall–Kier alpha value is -3.01. The average molecular weight is 314 g/mol. The largest absolute Gasteiger partial charge is 0.376 e. The number of hydrogen-bond donors (Lipinski definition) is 3. The second-order valence-electron chi connectivity index (χ2n) is 4.95. The summed E-state index contributed by atoms with van der Waals surface area (Å²) in [6.07, 6.45) is 5.12. The van der Waals surface area contributed by atoms with Crippen molar-refractivity contribution in [2.75, 3.05) is 38.0 Å².